The third-order valence-corrected chi connectivity index (χ3v) is 4.76. The lowest BCUT2D eigenvalue weighted by atomic mass is 10.0. The lowest BCUT2D eigenvalue weighted by molar-refractivity contribution is -0.112. The summed E-state index contributed by atoms with van der Waals surface area (Å²) in [6.45, 7) is 10.5. The molecule has 0 unspecified atom stereocenters. The van der Waals surface area contributed by atoms with Gasteiger partial charge in [0.2, 0.25) is 0 Å². The summed E-state index contributed by atoms with van der Waals surface area (Å²) in [6.07, 6.45) is 1.05. The van der Waals surface area contributed by atoms with Crippen molar-refractivity contribution in [1.29, 1.82) is 0 Å². The van der Waals surface area contributed by atoms with Crippen LogP contribution in [0.1, 0.15) is 38.8 Å². The molecule has 1 N–H and O–H groups in total. The monoisotopic (exact) mass is 449 g/mol. The molecule has 28 heavy (non-hydrogen) atoms. The highest BCUT2D eigenvalue weighted by Crippen LogP contribution is 2.31. The number of hydrogen-bond acceptors (Lipinski definition) is 1. The zero-order valence-corrected chi connectivity index (χ0v) is 18.7. The molecule has 2 rings (SSSR count). The first-order chi connectivity index (χ1) is 13.2. The molecule has 5 heteroatoms. The van der Waals surface area contributed by atoms with Crippen LogP contribution in [-0.4, -0.2) is 5.91 Å². The predicted octanol–water partition coefficient (Wildman–Crippen LogP) is 7.81. The van der Waals surface area contributed by atoms with Crippen molar-refractivity contribution in [2.75, 3.05) is 5.32 Å². The molecule has 0 aliphatic rings. The SMILES string of the molecule is C/C=C(F)\C(C(=O)Nc1ccc(-c2cc(C)c(C)cc2Br)cc1)=C(/C)F.CC. The molecule has 2 nitrogen and oxygen atoms in total. The Bertz CT molecular complexity index is 896. The zero-order chi connectivity index (χ0) is 21.4. The lowest BCUT2D eigenvalue weighted by Crippen LogP contribution is -2.15. The maximum atomic E-state index is 13.7. The average Bonchev–Trinajstić information content (AvgIpc) is 2.66. The Morgan fingerprint density at radius 1 is 1.04 bits per heavy atom. The van der Waals surface area contributed by atoms with Crippen molar-refractivity contribution in [3.05, 3.63) is 75.3 Å². The van der Waals surface area contributed by atoms with Crippen molar-refractivity contribution in [1.82, 2.24) is 0 Å². The number of aryl methyl sites for hydroxylation is 2. The highest BCUT2D eigenvalue weighted by atomic mass is 79.9. The molecule has 0 atom stereocenters. The Balaban J connectivity index is 0.00000190. The van der Waals surface area contributed by atoms with Crippen LogP contribution in [0.15, 0.2) is 64.2 Å². The third kappa shape index (κ3) is 5.86. The van der Waals surface area contributed by atoms with Crippen LogP contribution >= 0.6 is 15.9 Å². The van der Waals surface area contributed by atoms with Gasteiger partial charge in [-0.05, 0) is 68.1 Å². The van der Waals surface area contributed by atoms with E-state index in [4.69, 9.17) is 0 Å². The fourth-order valence-corrected chi connectivity index (χ4v) is 3.19. The zero-order valence-electron chi connectivity index (χ0n) is 17.1. The van der Waals surface area contributed by atoms with Gasteiger partial charge in [-0.25, -0.2) is 8.78 Å². The second kappa shape index (κ2) is 10.9. The topological polar surface area (TPSA) is 29.1 Å². The maximum absolute atomic E-state index is 13.7. The van der Waals surface area contributed by atoms with Crippen LogP contribution in [0.5, 0.6) is 0 Å². The molecule has 0 heterocycles. The highest BCUT2D eigenvalue weighted by molar-refractivity contribution is 9.10. The molecule has 0 aromatic heterocycles. The van der Waals surface area contributed by atoms with Crippen molar-refractivity contribution >= 4 is 27.5 Å². The molecular formula is C23H26BrF2NO. The summed E-state index contributed by atoms with van der Waals surface area (Å²) >= 11 is 3.57. The molecule has 0 bridgehead atoms. The van der Waals surface area contributed by atoms with Crippen molar-refractivity contribution in [2.45, 2.75) is 41.5 Å². The van der Waals surface area contributed by atoms with Crippen LogP contribution in [-0.2, 0) is 4.79 Å². The third-order valence-electron chi connectivity index (χ3n) is 4.10. The molecule has 0 aliphatic carbocycles. The number of carbonyl (C=O) groups excluding carboxylic acids is 1. The number of anilines is 1. The van der Waals surface area contributed by atoms with E-state index >= 15 is 0 Å². The number of allylic oxidation sites excluding steroid dienone is 2. The summed E-state index contributed by atoms with van der Waals surface area (Å²) < 4.78 is 28.2. The van der Waals surface area contributed by atoms with Gasteiger partial charge in [-0.2, -0.15) is 0 Å². The van der Waals surface area contributed by atoms with E-state index in [0.29, 0.717) is 5.69 Å². The number of hydrogen-bond donors (Lipinski definition) is 1. The van der Waals surface area contributed by atoms with Crippen molar-refractivity contribution in [3.8, 4) is 11.1 Å². The molecular weight excluding hydrogens is 424 g/mol. The van der Waals surface area contributed by atoms with Crippen LogP contribution in [0.25, 0.3) is 11.1 Å². The van der Waals surface area contributed by atoms with Gasteiger partial charge >= 0.3 is 0 Å². The first kappa shape index (κ1) is 23.8. The smallest absolute Gasteiger partial charge is 0.261 e. The minimum atomic E-state index is -0.891. The van der Waals surface area contributed by atoms with Crippen molar-refractivity contribution in [2.24, 2.45) is 0 Å². The summed E-state index contributed by atoms with van der Waals surface area (Å²) in [5.41, 5.74) is 4.24. The molecule has 1 amide bonds. The minimum Gasteiger partial charge on any atom is -0.322 e. The highest BCUT2D eigenvalue weighted by Gasteiger charge is 2.18. The Kier molecular flexibility index (Phi) is 9.26. The lowest BCUT2D eigenvalue weighted by Gasteiger charge is -2.11. The van der Waals surface area contributed by atoms with Gasteiger partial charge in [-0.15, -0.1) is 0 Å². The summed E-state index contributed by atoms with van der Waals surface area (Å²) in [7, 11) is 0. The van der Waals surface area contributed by atoms with Crippen LogP contribution in [0.3, 0.4) is 0 Å². The van der Waals surface area contributed by atoms with Crippen LogP contribution < -0.4 is 5.32 Å². The first-order valence-corrected chi connectivity index (χ1v) is 9.91. The van der Waals surface area contributed by atoms with E-state index in [2.05, 4.69) is 33.4 Å². The number of nitrogens with one attached hydrogen (secondary N) is 1. The number of rotatable bonds is 4. The van der Waals surface area contributed by atoms with E-state index in [1.165, 1.54) is 18.1 Å². The second-order valence-electron chi connectivity index (χ2n) is 5.99. The number of halogens is 3. The van der Waals surface area contributed by atoms with Gasteiger partial charge in [-0.1, -0.05) is 54.1 Å². The quantitative estimate of drug-likeness (QED) is 0.374. The number of carbonyl (C=O) groups is 1. The second-order valence-corrected chi connectivity index (χ2v) is 6.85. The summed E-state index contributed by atoms with van der Waals surface area (Å²) in [4.78, 5) is 12.1. The number of amides is 1. The largest absolute Gasteiger partial charge is 0.322 e. The fourth-order valence-electron chi connectivity index (χ4n) is 2.50. The van der Waals surface area contributed by atoms with E-state index in [9.17, 15) is 13.6 Å². The predicted molar refractivity (Wildman–Crippen MR) is 118 cm³/mol. The van der Waals surface area contributed by atoms with E-state index in [1.54, 1.807) is 12.1 Å². The Hall–Kier alpha value is -2.27. The van der Waals surface area contributed by atoms with Gasteiger partial charge in [0.1, 0.15) is 17.2 Å². The normalized spacial score (nSPS) is 12.0. The molecule has 0 fully saturated rings. The molecule has 0 saturated heterocycles. The van der Waals surface area contributed by atoms with Gasteiger partial charge in [-0.3, -0.25) is 4.79 Å². The Morgan fingerprint density at radius 2 is 1.57 bits per heavy atom. The summed E-state index contributed by atoms with van der Waals surface area (Å²) in [6, 6.07) is 11.2. The molecule has 2 aromatic carbocycles. The summed E-state index contributed by atoms with van der Waals surface area (Å²) in [5, 5.41) is 2.52. The molecule has 0 spiro atoms. The molecule has 0 saturated carbocycles. The maximum Gasteiger partial charge on any atom is 0.261 e. The van der Waals surface area contributed by atoms with E-state index in [1.807, 2.05) is 39.8 Å². The van der Waals surface area contributed by atoms with Gasteiger partial charge in [0.25, 0.3) is 5.91 Å². The fraction of sp³-hybridized carbons (Fsp3) is 0.261. The molecule has 0 radical (unpaired) electrons. The van der Waals surface area contributed by atoms with E-state index in [0.717, 1.165) is 28.6 Å². The van der Waals surface area contributed by atoms with Crippen molar-refractivity contribution in [3.63, 3.8) is 0 Å². The molecule has 0 aliphatic heterocycles. The first-order valence-electron chi connectivity index (χ1n) is 9.11. The average molecular weight is 450 g/mol. The van der Waals surface area contributed by atoms with Crippen LogP contribution in [0.4, 0.5) is 14.5 Å². The number of benzene rings is 2. The van der Waals surface area contributed by atoms with Gasteiger partial charge in [0, 0.05) is 10.2 Å². The Morgan fingerprint density at radius 3 is 2.07 bits per heavy atom. The molecule has 2 aromatic rings. The standard InChI is InChI=1S/C21H20BrF2NO.C2H6/c1-5-19(24)20(14(4)23)21(26)25-16-8-6-15(7-9-16)17-10-12(2)13(3)11-18(17)22;1-2/h5-11H,1-4H3,(H,25,26);1-2H3/b19-5+,20-14-;. The Labute approximate surface area is 174 Å². The van der Waals surface area contributed by atoms with Crippen LogP contribution in [0.2, 0.25) is 0 Å². The van der Waals surface area contributed by atoms with Gasteiger partial charge in [0.05, 0.1) is 0 Å². The minimum absolute atomic E-state index is 0.460. The van der Waals surface area contributed by atoms with Gasteiger partial charge in [0.15, 0.2) is 0 Å². The molecule has 150 valence electrons. The van der Waals surface area contributed by atoms with Gasteiger partial charge < -0.3 is 5.32 Å². The van der Waals surface area contributed by atoms with E-state index < -0.39 is 23.1 Å². The van der Waals surface area contributed by atoms with E-state index in [-0.39, 0.29) is 0 Å². The summed E-state index contributed by atoms with van der Waals surface area (Å²) in [5.74, 6) is -2.58. The van der Waals surface area contributed by atoms with Crippen molar-refractivity contribution < 1.29 is 13.6 Å². The van der Waals surface area contributed by atoms with Crippen LogP contribution in [0, 0.1) is 13.8 Å².